The number of rotatable bonds is 2. The molecule has 0 aromatic heterocycles. The highest BCUT2D eigenvalue weighted by Gasteiger charge is 2.20. The Balaban J connectivity index is 2.10. The molecule has 5 heteroatoms. The van der Waals surface area contributed by atoms with Gasteiger partial charge in [0.2, 0.25) is 0 Å². The lowest BCUT2D eigenvalue weighted by molar-refractivity contribution is -0.0215. The Morgan fingerprint density at radius 3 is 2.76 bits per heavy atom. The molecule has 2 rings (SSSR count). The van der Waals surface area contributed by atoms with Crippen molar-refractivity contribution in [3.63, 3.8) is 0 Å². The molecule has 1 atom stereocenters. The number of halogens is 3. The van der Waals surface area contributed by atoms with Gasteiger partial charge in [-0.15, -0.1) is 0 Å². The first-order valence-corrected chi connectivity index (χ1v) is 5.54. The van der Waals surface area contributed by atoms with E-state index in [-0.39, 0.29) is 18.2 Å². The molecule has 0 spiro atoms. The number of nitrogens with zero attached hydrogens (tertiary/aromatic N) is 1. The van der Waals surface area contributed by atoms with Gasteiger partial charge in [0.05, 0.1) is 12.7 Å². The first kappa shape index (κ1) is 12.4. The van der Waals surface area contributed by atoms with Gasteiger partial charge in [0.1, 0.15) is 0 Å². The largest absolute Gasteiger partial charge is 0.376 e. The van der Waals surface area contributed by atoms with Gasteiger partial charge in [0.25, 0.3) is 0 Å². The maximum Gasteiger partial charge on any atom is 0.194 e. The average molecular weight is 245 g/mol. The lowest BCUT2D eigenvalue weighted by atomic mass is 10.1. The first-order valence-electron chi connectivity index (χ1n) is 5.54. The minimum absolute atomic E-state index is 0.0807. The molecule has 1 aromatic carbocycles. The second kappa shape index (κ2) is 5.06. The summed E-state index contributed by atoms with van der Waals surface area (Å²) >= 11 is 0. The molecule has 1 aromatic rings. The number of ether oxygens (including phenoxy) is 1. The summed E-state index contributed by atoms with van der Waals surface area (Å²) in [6.07, 6.45) is 0.0807. The van der Waals surface area contributed by atoms with E-state index in [4.69, 9.17) is 4.74 Å². The SMILES string of the molecule is C[C@@H]1CN(Cc2ccc(F)c(F)c2F)CCO1. The van der Waals surface area contributed by atoms with Gasteiger partial charge in [-0.1, -0.05) is 6.07 Å². The third-order valence-corrected chi connectivity index (χ3v) is 2.83. The molecule has 0 radical (unpaired) electrons. The van der Waals surface area contributed by atoms with Gasteiger partial charge in [-0.25, -0.2) is 13.2 Å². The minimum atomic E-state index is -1.40. The Morgan fingerprint density at radius 1 is 1.29 bits per heavy atom. The predicted octanol–water partition coefficient (Wildman–Crippen LogP) is 2.32. The summed E-state index contributed by atoms with van der Waals surface area (Å²) < 4.78 is 44.6. The molecule has 1 aliphatic heterocycles. The molecule has 2 nitrogen and oxygen atoms in total. The van der Waals surface area contributed by atoms with Crippen LogP contribution >= 0.6 is 0 Å². The molecule has 1 saturated heterocycles. The van der Waals surface area contributed by atoms with Crippen molar-refractivity contribution in [1.82, 2.24) is 4.90 Å². The van der Waals surface area contributed by atoms with Crippen molar-refractivity contribution in [2.24, 2.45) is 0 Å². The van der Waals surface area contributed by atoms with Crippen LogP contribution in [0.15, 0.2) is 12.1 Å². The van der Waals surface area contributed by atoms with Gasteiger partial charge in [-0.05, 0) is 13.0 Å². The zero-order valence-corrected chi connectivity index (χ0v) is 9.55. The number of benzene rings is 1. The summed E-state index contributed by atoms with van der Waals surface area (Å²) in [5.74, 6) is -3.64. The quantitative estimate of drug-likeness (QED) is 0.741. The fourth-order valence-electron chi connectivity index (χ4n) is 1.96. The second-order valence-electron chi connectivity index (χ2n) is 4.25. The summed E-state index contributed by atoms with van der Waals surface area (Å²) in [5, 5.41) is 0. The summed E-state index contributed by atoms with van der Waals surface area (Å²) in [5.41, 5.74) is 0.179. The first-order chi connectivity index (χ1) is 8.08. The van der Waals surface area contributed by atoms with Gasteiger partial charge >= 0.3 is 0 Å². The van der Waals surface area contributed by atoms with Crippen LogP contribution in [-0.2, 0) is 11.3 Å². The molecular weight excluding hydrogens is 231 g/mol. The number of morpholine rings is 1. The number of hydrogen-bond acceptors (Lipinski definition) is 2. The monoisotopic (exact) mass is 245 g/mol. The Kier molecular flexibility index (Phi) is 3.69. The van der Waals surface area contributed by atoms with E-state index in [0.717, 1.165) is 6.07 Å². The summed E-state index contributed by atoms with van der Waals surface area (Å²) in [6.45, 7) is 4.11. The number of hydrogen-bond donors (Lipinski definition) is 0. The minimum Gasteiger partial charge on any atom is -0.376 e. The highest BCUT2D eigenvalue weighted by molar-refractivity contribution is 5.20. The van der Waals surface area contributed by atoms with Crippen LogP contribution in [0.4, 0.5) is 13.2 Å². The van der Waals surface area contributed by atoms with Gasteiger partial charge in [-0.2, -0.15) is 0 Å². The lowest BCUT2D eigenvalue weighted by Gasteiger charge is -2.31. The molecule has 1 heterocycles. The average Bonchev–Trinajstić information content (AvgIpc) is 2.30. The van der Waals surface area contributed by atoms with Crippen LogP contribution in [0, 0.1) is 17.5 Å². The maximum atomic E-state index is 13.4. The molecule has 17 heavy (non-hydrogen) atoms. The molecule has 0 N–H and O–H groups in total. The smallest absolute Gasteiger partial charge is 0.194 e. The standard InChI is InChI=1S/C12H14F3NO/c1-8-6-16(4-5-17-8)7-9-2-3-10(13)12(15)11(9)14/h2-3,8H,4-7H2,1H3/t8-/m1/s1. The van der Waals surface area contributed by atoms with Gasteiger partial charge < -0.3 is 4.74 Å². The van der Waals surface area contributed by atoms with E-state index < -0.39 is 17.5 Å². The van der Waals surface area contributed by atoms with Crippen LogP contribution in [-0.4, -0.2) is 30.7 Å². The van der Waals surface area contributed by atoms with E-state index in [2.05, 4.69) is 0 Å². The molecule has 0 unspecified atom stereocenters. The van der Waals surface area contributed by atoms with E-state index in [0.29, 0.717) is 19.7 Å². The van der Waals surface area contributed by atoms with Crippen molar-refractivity contribution in [3.8, 4) is 0 Å². The molecule has 0 bridgehead atoms. The van der Waals surface area contributed by atoms with E-state index in [9.17, 15) is 13.2 Å². The third kappa shape index (κ3) is 2.79. The van der Waals surface area contributed by atoms with E-state index in [1.54, 1.807) is 0 Å². The van der Waals surface area contributed by atoms with Crippen LogP contribution < -0.4 is 0 Å². The van der Waals surface area contributed by atoms with Crippen molar-refractivity contribution in [3.05, 3.63) is 35.1 Å². The van der Waals surface area contributed by atoms with E-state index in [1.165, 1.54) is 6.07 Å². The van der Waals surface area contributed by atoms with Gasteiger partial charge in [0, 0.05) is 25.2 Å². The molecular formula is C12H14F3NO. The van der Waals surface area contributed by atoms with Crippen LogP contribution in [0.25, 0.3) is 0 Å². The highest BCUT2D eigenvalue weighted by atomic mass is 19.2. The second-order valence-corrected chi connectivity index (χ2v) is 4.25. The third-order valence-electron chi connectivity index (χ3n) is 2.83. The van der Waals surface area contributed by atoms with Crippen LogP contribution in [0.2, 0.25) is 0 Å². The summed E-state index contributed by atoms with van der Waals surface area (Å²) in [6, 6.07) is 2.24. The zero-order chi connectivity index (χ0) is 12.4. The fourth-order valence-corrected chi connectivity index (χ4v) is 1.96. The van der Waals surface area contributed by atoms with Gasteiger partial charge in [-0.3, -0.25) is 4.90 Å². The summed E-state index contributed by atoms with van der Waals surface area (Å²) in [7, 11) is 0. The Morgan fingerprint density at radius 2 is 2.06 bits per heavy atom. The molecule has 94 valence electrons. The molecule has 1 aliphatic rings. The molecule has 1 fully saturated rings. The van der Waals surface area contributed by atoms with E-state index >= 15 is 0 Å². The topological polar surface area (TPSA) is 12.5 Å². The summed E-state index contributed by atoms with van der Waals surface area (Å²) in [4.78, 5) is 1.96. The van der Waals surface area contributed by atoms with Gasteiger partial charge in [0.15, 0.2) is 17.5 Å². The molecule has 0 saturated carbocycles. The zero-order valence-electron chi connectivity index (χ0n) is 9.55. The fraction of sp³-hybridized carbons (Fsp3) is 0.500. The van der Waals surface area contributed by atoms with Crippen LogP contribution in [0.5, 0.6) is 0 Å². The van der Waals surface area contributed by atoms with E-state index in [1.807, 2.05) is 11.8 Å². The highest BCUT2D eigenvalue weighted by Crippen LogP contribution is 2.18. The van der Waals surface area contributed by atoms with Crippen molar-refractivity contribution < 1.29 is 17.9 Å². The molecule has 0 amide bonds. The van der Waals surface area contributed by atoms with Crippen molar-refractivity contribution in [1.29, 1.82) is 0 Å². The molecule has 0 aliphatic carbocycles. The van der Waals surface area contributed by atoms with Crippen molar-refractivity contribution in [2.75, 3.05) is 19.7 Å². The normalized spacial score (nSPS) is 21.8. The Bertz CT molecular complexity index is 411. The van der Waals surface area contributed by atoms with Crippen LogP contribution in [0.3, 0.4) is 0 Å². The van der Waals surface area contributed by atoms with Crippen LogP contribution in [0.1, 0.15) is 12.5 Å². The Labute approximate surface area is 98.0 Å². The van der Waals surface area contributed by atoms with Crippen molar-refractivity contribution >= 4 is 0 Å². The maximum absolute atomic E-state index is 13.4. The Hall–Kier alpha value is -1.07. The predicted molar refractivity (Wildman–Crippen MR) is 57.0 cm³/mol. The van der Waals surface area contributed by atoms with Crippen molar-refractivity contribution in [2.45, 2.75) is 19.6 Å². The lowest BCUT2D eigenvalue weighted by Crippen LogP contribution is -2.40.